The summed E-state index contributed by atoms with van der Waals surface area (Å²) in [4.78, 5) is 0. The van der Waals surface area contributed by atoms with E-state index in [2.05, 4.69) is 13.8 Å². The fraction of sp³-hybridized carbons (Fsp3) is 1.00. The minimum Gasteiger partial charge on any atom is -0.396 e. The Bertz CT molecular complexity index is 430. The van der Waals surface area contributed by atoms with Crippen LogP contribution >= 0.6 is 0 Å². The molecule has 0 radical (unpaired) electrons. The van der Waals surface area contributed by atoms with Crippen LogP contribution in [0.25, 0.3) is 0 Å². The second kappa shape index (κ2) is 42.8. The van der Waals surface area contributed by atoms with Crippen molar-refractivity contribution in [3.8, 4) is 0 Å². The summed E-state index contributed by atoms with van der Waals surface area (Å²) >= 11 is 0. The standard InChI is InChI=1S/2C20H42O2/c2*1-2-3-4-14-17-20(22)18-15-12-10-8-6-5-7-9-11-13-16-19-21/h2*20-22H,2-19H2,1H3. The first-order chi connectivity index (χ1) is 21.6. The number of aliphatic hydroxyl groups excluding tert-OH is 4. The van der Waals surface area contributed by atoms with Gasteiger partial charge in [0.1, 0.15) is 0 Å². The van der Waals surface area contributed by atoms with Crippen LogP contribution in [-0.4, -0.2) is 45.8 Å². The average molecular weight is 629 g/mol. The molecule has 0 aliphatic carbocycles. The lowest BCUT2D eigenvalue weighted by Gasteiger charge is -2.10. The lowest BCUT2D eigenvalue weighted by molar-refractivity contribution is 0.147. The number of rotatable bonds is 36. The Morgan fingerprint density at radius 2 is 0.455 bits per heavy atom. The molecule has 0 bridgehead atoms. The monoisotopic (exact) mass is 629 g/mol. The van der Waals surface area contributed by atoms with Gasteiger partial charge in [0.15, 0.2) is 0 Å². The summed E-state index contributed by atoms with van der Waals surface area (Å²) in [5.74, 6) is 0. The van der Waals surface area contributed by atoms with Gasteiger partial charge in [-0.1, -0.05) is 194 Å². The van der Waals surface area contributed by atoms with Crippen molar-refractivity contribution < 1.29 is 20.4 Å². The van der Waals surface area contributed by atoms with Gasteiger partial charge in [-0.25, -0.2) is 0 Å². The molecule has 0 saturated heterocycles. The Kier molecular flexibility index (Phi) is 44.7. The molecule has 0 aliphatic rings. The van der Waals surface area contributed by atoms with Crippen molar-refractivity contribution in [1.29, 1.82) is 0 Å². The van der Waals surface area contributed by atoms with E-state index >= 15 is 0 Å². The first kappa shape index (κ1) is 46.0. The molecule has 4 nitrogen and oxygen atoms in total. The molecule has 0 aliphatic heterocycles. The third-order valence-electron chi connectivity index (χ3n) is 9.17. The van der Waals surface area contributed by atoms with Crippen molar-refractivity contribution in [1.82, 2.24) is 0 Å². The van der Waals surface area contributed by atoms with Gasteiger partial charge < -0.3 is 20.4 Å². The molecular formula is C40H84O4. The van der Waals surface area contributed by atoms with Gasteiger partial charge in [0.05, 0.1) is 12.2 Å². The SMILES string of the molecule is CCCCCCC(O)CCCCCCCCCCCCCO.CCCCCCC(O)CCCCCCCCCCCCCO. The number of aliphatic hydroxyl groups is 4. The third kappa shape index (κ3) is 44.0. The van der Waals surface area contributed by atoms with E-state index < -0.39 is 0 Å². The van der Waals surface area contributed by atoms with Crippen LogP contribution in [0.4, 0.5) is 0 Å². The highest BCUT2D eigenvalue weighted by Gasteiger charge is 2.04. The molecule has 0 aromatic heterocycles. The Morgan fingerprint density at radius 3 is 0.659 bits per heavy atom. The van der Waals surface area contributed by atoms with Crippen LogP contribution in [0, 0.1) is 0 Å². The molecule has 0 aromatic carbocycles. The number of hydrogen-bond donors (Lipinski definition) is 4. The van der Waals surface area contributed by atoms with E-state index in [-0.39, 0.29) is 12.2 Å². The lowest BCUT2D eigenvalue weighted by atomic mass is 10.0. The minimum absolute atomic E-state index is 0.0456. The molecule has 0 fully saturated rings. The Hall–Kier alpha value is -0.160. The zero-order chi connectivity index (χ0) is 32.6. The largest absolute Gasteiger partial charge is 0.396 e. The highest BCUT2D eigenvalue weighted by atomic mass is 16.3. The van der Waals surface area contributed by atoms with Gasteiger partial charge in [-0.15, -0.1) is 0 Å². The van der Waals surface area contributed by atoms with E-state index in [0.717, 1.165) is 38.5 Å². The van der Waals surface area contributed by atoms with Gasteiger partial charge in [-0.2, -0.15) is 0 Å². The Labute approximate surface area is 277 Å². The number of hydrogen-bond acceptors (Lipinski definition) is 4. The lowest BCUT2D eigenvalue weighted by Crippen LogP contribution is -2.05. The molecule has 2 unspecified atom stereocenters. The first-order valence-corrected chi connectivity index (χ1v) is 20.2. The maximum Gasteiger partial charge on any atom is 0.0540 e. The summed E-state index contributed by atoms with van der Waals surface area (Å²) < 4.78 is 0. The summed E-state index contributed by atoms with van der Waals surface area (Å²) in [5.41, 5.74) is 0. The van der Waals surface area contributed by atoms with Crippen molar-refractivity contribution in [3.63, 3.8) is 0 Å². The van der Waals surface area contributed by atoms with Crippen molar-refractivity contribution in [2.45, 2.75) is 244 Å². The van der Waals surface area contributed by atoms with Crippen molar-refractivity contribution >= 4 is 0 Å². The Balaban J connectivity index is 0. The van der Waals surface area contributed by atoms with E-state index in [1.165, 1.54) is 180 Å². The van der Waals surface area contributed by atoms with Crippen LogP contribution in [0.5, 0.6) is 0 Å². The highest BCUT2D eigenvalue weighted by molar-refractivity contribution is 4.58. The maximum atomic E-state index is 9.89. The van der Waals surface area contributed by atoms with Crippen LogP contribution in [0.15, 0.2) is 0 Å². The third-order valence-corrected chi connectivity index (χ3v) is 9.17. The predicted octanol–water partition coefficient (Wildman–Crippen LogP) is 12.0. The van der Waals surface area contributed by atoms with Gasteiger partial charge in [0.25, 0.3) is 0 Å². The van der Waals surface area contributed by atoms with E-state index in [1.807, 2.05) is 0 Å². The molecule has 268 valence electrons. The quantitative estimate of drug-likeness (QED) is 0.0520. The molecule has 0 aromatic rings. The molecule has 0 saturated carbocycles. The zero-order valence-corrected chi connectivity index (χ0v) is 30.4. The van der Waals surface area contributed by atoms with Crippen molar-refractivity contribution in [3.05, 3.63) is 0 Å². The van der Waals surface area contributed by atoms with E-state index in [9.17, 15) is 10.2 Å². The molecule has 0 amide bonds. The van der Waals surface area contributed by atoms with Gasteiger partial charge in [-0.05, 0) is 38.5 Å². The molecule has 44 heavy (non-hydrogen) atoms. The van der Waals surface area contributed by atoms with Gasteiger partial charge in [-0.3, -0.25) is 0 Å². The number of unbranched alkanes of at least 4 members (excludes halogenated alkanes) is 26. The van der Waals surface area contributed by atoms with E-state index in [4.69, 9.17) is 10.2 Å². The second-order valence-corrected chi connectivity index (χ2v) is 13.8. The molecular weight excluding hydrogens is 544 g/mol. The summed E-state index contributed by atoms with van der Waals surface area (Å²) in [7, 11) is 0. The first-order valence-electron chi connectivity index (χ1n) is 20.2. The molecule has 4 heteroatoms. The highest BCUT2D eigenvalue weighted by Crippen LogP contribution is 2.16. The van der Waals surface area contributed by atoms with Crippen molar-refractivity contribution in [2.75, 3.05) is 13.2 Å². The van der Waals surface area contributed by atoms with E-state index in [0.29, 0.717) is 13.2 Å². The van der Waals surface area contributed by atoms with Gasteiger partial charge in [0.2, 0.25) is 0 Å². The molecule has 0 spiro atoms. The van der Waals surface area contributed by atoms with Crippen molar-refractivity contribution in [2.24, 2.45) is 0 Å². The van der Waals surface area contributed by atoms with Crippen LogP contribution in [0.3, 0.4) is 0 Å². The van der Waals surface area contributed by atoms with Crippen LogP contribution < -0.4 is 0 Å². The Morgan fingerprint density at radius 1 is 0.273 bits per heavy atom. The fourth-order valence-electron chi connectivity index (χ4n) is 6.07. The van der Waals surface area contributed by atoms with Crippen LogP contribution in [0.2, 0.25) is 0 Å². The molecule has 2 atom stereocenters. The van der Waals surface area contributed by atoms with E-state index in [1.54, 1.807) is 0 Å². The zero-order valence-electron chi connectivity index (χ0n) is 30.4. The smallest absolute Gasteiger partial charge is 0.0540 e. The normalized spacial score (nSPS) is 12.7. The maximum absolute atomic E-state index is 9.89. The summed E-state index contributed by atoms with van der Waals surface area (Å²) in [6, 6.07) is 0. The summed E-state index contributed by atoms with van der Waals surface area (Å²) in [6.07, 6.45) is 42.3. The van der Waals surface area contributed by atoms with Crippen LogP contribution in [-0.2, 0) is 0 Å². The predicted molar refractivity (Wildman–Crippen MR) is 195 cm³/mol. The summed E-state index contributed by atoms with van der Waals surface area (Å²) in [6.45, 7) is 5.17. The van der Waals surface area contributed by atoms with Gasteiger partial charge >= 0.3 is 0 Å². The second-order valence-electron chi connectivity index (χ2n) is 13.8. The molecule has 0 heterocycles. The topological polar surface area (TPSA) is 80.9 Å². The average Bonchev–Trinajstić information content (AvgIpc) is 3.03. The fourth-order valence-corrected chi connectivity index (χ4v) is 6.07. The summed E-state index contributed by atoms with van der Waals surface area (Å²) in [5, 5.41) is 37.2. The minimum atomic E-state index is -0.0456. The molecule has 0 rings (SSSR count). The van der Waals surface area contributed by atoms with Gasteiger partial charge in [0, 0.05) is 13.2 Å². The van der Waals surface area contributed by atoms with Crippen LogP contribution in [0.1, 0.15) is 232 Å². The molecule has 4 N–H and O–H groups in total.